The molecular weight excluding hydrogens is 327 g/mol. The molecule has 2 rings (SSSR count). The Labute approximate surface area is 135 Å². The van der Waals surface area contributed by atoms with Crippen LogP contribution >= 0.6 is 0 Å². The quantitative estimate of drug-likeness (QED) is 0.828. The lowest BCUT2D eigenvalue weighted by Crippen LogP contribution is -2.33. The Bertz CT molecular complexity index is 648. The van der Waals surface area contributed by atoms with Crippen molar-refractivity contribution in [1.82, 2.24) is 4.90 Å². The third-order valence-electron chi connectivity index (χ3n) is 4.49. The molecular formula is C16H22F3NO2S. The molecule has 0 aromatic heterocycles. The number of piperidine rings is 1. The number of hydrogen-bond acceptors (Lipinski definition) is 3. The maximum absolute atomic E-state index is 12.8. The van der Waals surface area contributed by atoms with Gasteiger partial charge in [0.25, 0.3) is 9.84 Å². The van der Waals surface area contributed by atoms with Gasteiger partial charge in [0, 0.05) is 0 Å². The van der Waals surface area contributed by atoms with Crippen molar-refractivity contribution in [2.75, 3.05) is 19.6 Å². The molecule has 1 heterocycles. The molecule has 1 aliphatic rings. The second kappa shape index (κ2) is 6.81. The number of sulfone groups is 1. The van der Waals surface area contributed by atoms with E-state index in [4.69, 9.17) is 0 Å². The van der Waals surface area contributed by atoms with Gasteiger partial charge in [-0.25, -0.2) is 8.42 Å². The Morgan fingerprint density at radius 3 is 2.35 bits per heavy atom. The van der Waals surface area contributed by atoms with Gasteiger partial charge in [0.15, 0.2) is 0 Å². The number of benzene rings is 1. The first-order valence-corrected chi connectivity index (χ1v) is 9.30. The number of halogens is 3. The minimum absolute atomic E-state index is 0.117. The van der Waals surface area contributed by atoms with Crippen molar-refractivity contribution in [1.29, 1.82) is 0 Å². The Morgan fingerprint density at radius 2 is 1.83 bits per heavy atom. The fourth-order valence-electron chi connectivity index (χ4n) is 3.27. The van der Waals surface area contributed by atoms with Gasteiger partial charge in [0.05, 0.1) is 4.90 Å². The predicted molar refractivity (Wildman–Crippen MR) is 83.1 cm³/mol. The molecule has 1 aromatic carbocycles. The van der Waals surface area contributed by atoms with Crippen molar-refractivity contribution in [2.45, 2.75) is 49.4 Å². The van der Waals surface area contributed by atoms with E-state index >= 15 is 0 Å². The van der Waals surface area contributed by atoms with Crippen LogP contribution < -0.4 is 0 Å². The molecule has 23 heavy (non-hydrogen) atoms. The van der Waals surface area contributed by atoms with Gasteiger partial charge in [0.2, 0.25) is 0 Å². The summed E-state index contributed by atoms with van der Waals surface area (Å²) in [5.41, 5.74) is -4.30. The van der Waals surface area contributed by atoms with Crippen LogP contribution in [0.5, 0.6) is 0 Å². The van der Waals surface area contributed by atoms with E-state index in [1.165, 1.54) is 13.0 Å². The van der Waals surface area contributed by atoms with Gasteiger partial charge in [-0.1, -0.05) is 19.1 Å². The molecule has 0 aliphatic carbocycles. The molecule has 7 heteroatoms. The molecule has 1 aromatic rings. The van der Waals surface area contributed by atoms with E-state index in [2.05, 4.69) is 11.8 Å². The number of hydrogen-bond donors (Lipinski definition) is 0. The highest BCUT2D eigenvalue weighted by Crippen LogP contribution is 2.37. The fourth-order valence-corrected chi connectivity index (χ4v) is 4.30. The summed E-state index contributed by atoms with van der Waals surface area (Å²) >= 11 is 0. The lowest BCUT2D eigenvalue weighted by molar-refractivity contribution is -0.0436. The maximum atomic E-state index is 12.8. The molecule has 0 radical (unpaired) electrons. The van der Waals surface area contributed by atoms with E-state index in [9.17, 15) is 21.6 Å². The van der Waals surface area contributed by atoms with Crippen LogP contribution in [0.25, 0.3) is 0 Å². The van der Waals surface area contributed by atoms with E-state index in [1.54, 1.807) is 6.07 Å². The van der Waals surface area contributed by atoms with Crippen molar-refractivity contribution < 1.29 is 21.6 Å². The first-order chi connectivity index (χ1) is 10.7. The zero-order valence-electron chi connectivity index (χ0n) is 13.4. The van der Waals surface area contributed by atoms with Gasteiger partial charge in [0.1, 0.15) is 0 Å². The van der Waals surface area contributed by atoms with Gasteiger partial charge >= 0.3 is 5.51 Å². The van der Waals surface area contributed by atoms with Gasteiger partial charge in [-0.2, -0.15) is 13.2 Å². The maximum Gasteiger partial charge on any atom is 0.501 e. The van der Waals surface area contributed by atoms with Crippen molar-refractivity contribution in [3.63, 3.8) is 0 Å². The Hall–Kier alpha value is -1.08. The lowest BCUT2D eigenvalue weighted by Gasteiger charge is -2.32. The number of nitrogens with zero attached hydrogens (tertiary/aromatic N) is 1. The normalized spacial score (nSPS) is 18.3. The van der Waals surface area contributed by atoms with Crippen LogP contribution in [0.1, 0.15) is 43.2 Å². The van der Waals surface area contributed by atoms with Crippen LogP contribution in [0.2, 0.25) is 0 Å². The van der Waals surface area contributed by atoms with E-state index in [0.29, 0.717) is 0 Å². The molecule has 0 spiro atoms. The number of likely N-dealkylation sites (tertiary alicyclic amines) is 1. The summed E-state index contributed by atoms with van der Waals surface area (Å²) in [6, 6.07) is 4.22. The largest absolute Gasteiger partial charge is 0.501 e. The van der Waals surface area contributed by atoms with Gasteiger partial charge in [-0.15, -0.1) is 0 Å². The Morgan fingerprint density at radius 1 is 1.22 bits per heavy atom. The first kappa shape index (κ1) is 18.3. The van der Waals surface area contributed by atoms with Crippen LogP contribution in [0.3, 0.4) is 0 Å². The summed E-state index contributed by atoms with van der Waals surface area (Å²) < 4.78 is 61.9. The molecule has 1 saturated heterocycles. The van der Waals surface area contributed by atoms with Gasteiger partial charge in [-0.05, 0) is 68.9 Å². The predicted octanol–water partition coefficient (Wildman–Crippen LogP) is 3.88. The van der Waals surface area contributed by atoms with Gasteiger partial charge in [-0.3, -0.25) is 0 Å². The van der Waals surface area contributed by atoms with Crippen LogP contribution in [0.15, 0.2) is 23.1 Å². The zero-order chi connectivity index (χ0) is 17.3. The second-order valence-electron chi connectivity index (χ2n) is 6.04. The highest BCUT2D eigenvalue weighted by Gasteiger charge is 2.47. The molecule has 0 saturated carbocycles. The molecule has 0 atom stereocenters. The zero-order valence-corrected chi connectivity index (χ0v) is 14.2. The van der Waals surface area contributed by atoms with Gasteiger partial charge < -0.3 is 4.90 Å². The van der Waals surface area contributed by atoms with E-state index in [1.807, 2.05) is 0 Å². The Kier molecular flexibility index (Phi) is 5.41. The highest BCUT2D eigenvalue weighted by atomic mass is 32.2. The third-order valence-corrected chi connectivity index (χ3v) is 6.12. The summed E-state index contributed by atoms with van der Waals surface area (Å²) in [5, 5.41) is 0. The van der Waals surface area contributed by atoms with Crippen molar-refractivity contribution in [3.8, 4) is 0 Å². The average molecular weight is 349 g/mol. The third kappa shape index (κ3) is 3.71. The van der Waals surface area contributed by atoms with Crippen LogP contribution in [-0.2, 0) is 9.84 Å². The SMILES string of the molecule is CCCN1CCC(c2cccc(S(=O)(=O)C(F)(F)F)c2C)CC1. The summed E-state index contributed by atoms with van der Waals surface area (Å²) in [6.07, 6.45) is 2.76. The number of rotatable bonds is 4. The number of alkyl halides is 3. The lowest BCUT2D eigenvalue weighted by atomic mass is 9.87. The standard InChI is InChI=1S/C16H22F3NO2S/c1-3-9-20-10-7-13(8-11-20)14-5-4-6-15(12(14)2)23(21,22)16(17,18)19/h4-6,13H,3,7-11H2,1-2H3. The minimum atomic E-state index is -5.30. The van der Waals surface area contributed by atoms with E-state index in [-0.39, 0.29) is 11.5 Å². The smallest absolute Gasteiger partial charge is 0.303 e. The van der Waals surface area contributed by atoms with Crippen LogP contribution in [0.4, 0.5) is 13.2 Å². The molecule has 0 unspecified atom stereocenters. The monoisotopic (exact) mass is 349 g/mol. The van der Waals surface area contributed by atoms with Crippen LogP contribution in [-0.4, -0.2) is 38.5 Å². The van der Waals surface area contributed by atoms with E-state index in [0.717, 1.165) is 50.5 Å². The molecule has 130 valence electrons. The molecule has 0 N–H and O–H groups in total. The summed E-state index contributed by atoms with van der Waals surface area (Å²) in [7, 11) is -5.30. The molecule has 0 bridgehead atoms. The van der Waals surface area contributed by atoms with Crippen molar-refractivity contribution in [3.05, 3.63) is 29.3 Å². The second-order valence-corrected chi connectivity index (χ2v) is 7.95. The van der Waals surface area contributed by atoms with E-state index < -0.39 is 20.2 Å². The summed E-state index contributed by atoms with van der Waals surface area (Å²) in [5.74, 6) is 0.117. The summed E-state index contributed by atoms with van der Waals surface area (Å²) in [6.45, 7) is 6.41. The van der Waals surface area contributed by atoms with Crippen molar-refractivity contribution in [2.24, 2.45) is 0 Å². The first-order valence-electron chi connectivity index (χ1n) is 7.81. The Balaban J connectivity index is 2.28. The average Bonchev–Trinajstić information content (AvgIpc) is 2.47. The molecule has 0 amide bonds. The molecule has 1 fully saturated rings. The van der Waals surface area contributed by atoms with Crippen LogP contribution in [0, 0.1) is 6.92 Å². The highest BCUT2D eigenvalue weighted by molar-refractivity contribution is 7.92. The minimum Gasteiger partial charge on any atom is -0.303 e. The topological polar surface area (TPSA) is 37.4 Å². The fraction of sp³-hybridized carbons (Fsp3) is 0.625. The van der Waals surface area contributed by atoms with Crippen molar-refractivity contribution >= 4 is 9.84 Å². The molecule has 3 nitrogen and oxygen atoms in total. The molecule has 1 aliphatic heterocycles. The summed E-state index contributed by atoms with van der Waals surface area (Å²) in [4.78, 5) is 1.72.